The lowest BCUT2D eigenvalue weighted by Crippen LogP contribution is -2.11. The molecule has 0 amide bonds. The van der Waals surface area contributed by atoms with Gasteiger partial charge in [-0.15, -0.1) is 0 Å². The molecule has 1 atom stereocenters. The fourth-order valence-electron chi connectivity index (χ4n) is 0.876. The van der Waals surface area contributed by atoms with E-state index in [0.717, 1.165) is 0 Å². The number of rotatable bonds is 6. The summed E-state index contributed by atoms with van der Waals surface area (Å²) in [6, 6.07) is 0. The molecule has 1 N–H and O–H groups in total. The summed E-state index contributed by atoms with van der Waals surface area (Å²) in [6.07, 6.45) is -0.606. The topological polar surface area (TPSA) is 89.9 Å². The van der Waals surface area contributed by atoms with Gasteiger partial charge >= 0.3 is 11.9 Å². The van der Waals surface area contributed by atoms with E-state index in [9.17, 15) is 14.4 Å². The summed E-state index contributed by atoms with van der Waals surface area (Å²) in [5.74, 6) is -0.939. The predicted octanol–water partition coefficient (Wildman–Crippen LogP) is 0.849. The normalized spacial score (nSPS) is 10.7. The third-order valence-electron chi connectivity index (χ3n) is 1.47. The molecule has 0 aliphatic heterocycles. The fraction of sp³-hybridized carbons (Fsp3) is 0.750. The molecule has 0 aromatic heterocycles. The van der Waals surface area contributed by atoms with Crippen molar-refractivity contribution in [3.05, 3.63) is 0 Å². The maximum atomic E-state index is 10.5. The number of aliphatic hydroxyl groups excluding tert-OH is 1. The molecule has 0 fully saturated rings. The molecule has 0 heterocycles. The number of hydrogen-bond acceptors (Lipinski definition) is 6. The first-order valence-corrected chi connectivity index (χ1v) is 5.82. The van der Waals surface area contributed by atoms with Crippen molar-refractivity contribution < 1.29 is 29.0 Å². The van der Waals surface area contributed by atoms with Crippen LogP contribution in [0.1, 0.15) is 40.5 Å². The maximum absolute atomic E-state index is 10.5. The molecule has 0 rings (SSSR count). The van der Waals surface area contributed by atoms with Crippen LogP contribution in [0.25, 0.3) is 0 Å². The smallest absolute Gasteiger partial charge is 0.313 e. The van der Waals surface area contributed by atoms with Crippen LogP contribution in [0.3, 0.4) is 0 Å². The molecule has 0 unspecified atom stereocenters. The highest BCUT2D eigenvalue weighted by atomic mass is 16.5. The summed E-state index contributed by atoms with van der Waals surface area (Å²) in [4.78, 5) is 31.1. The number of Topliss-reactive ketones (excluding diaryl/α,β-unsaturated/α-hetero) is 1. The quantitative estimate of drug-likeness (QED) is 0.563. The maximum Gasteiger partial charge on any atom is 0.313 e. The largest absolute Gasteiger partial charge is 0.466 e. The molecule has 0 saturated carbocycles. The van der Waals surface area contributed by atoms with E-state index < -0.39 is 12.1 Å². The molecule has 0 bridgehead atoms. The molecule has 0 aromatic rings. The highest BCUT2D eigenvalue weighted by molar-refractivity contribution is 5.94. The molecule has 6 nitrogen and oxygen atoms in total. The second kappa shape index (κ2) is 12.0. The molecule has 0 aliphatic carbocycles. The summed E-state index contributed by atoms with van der Waals surface area (Å²) >= 11 is 0. The van der Waals surface area contributed by atoms with E-state index in [0.29, 0.717) is 13.2 Å². The van der Waals surface area contributed by atoms with Crippen LogP contribution in [0.15, 0.2) is 0 Å². The van der Waals surface area contributed by atoms with Crippen LogP contribution in [-0.4, -0.2) is 42.1 Å². The van der Waals surface area contributed by atoms with Gasteiger partial charge in [0, 0.05) is 0 Å². The molecule has 0 saturated heterocycles. The molecule has 18 heavy (non-hydrogen) atoms. The monoisotopic (exact) mass is 262 g/mol. The van der Waals surface area contributed by atoms with Gasteiger partial charge in [0.05, 0.1) is 25.7 Å². The summed E-state index contributed by atoms with van der Waals surface area (Å²) in [5, 5.41) is 8.65. The van der Waals surface area contributed by atoms with Crippen molar-refractivity contribution >= 4 is 17.7 Å². The van der Waals surface area contributed by atoms with Gasteiger partial charge in [-0.25, -0.2) is 0 Å². The second-order valence-corrected chi connectivity index (χ2v) is 3.54. The van der Waals surface area contributed by atoms with Gasteiger partial charge < -0.3 is 14.6 Å². The summed E-state index contributed by atoms with van der Waals surface area (Å²) in [6.45, 7) is 7.07. The molecule has 0 aromatic carbocycles. The van der Waals surface area contributed by atoms with E-state index in [2.05, 4.69) is 9.47 Å². The minimum atomic E-state index is -0.593. The van der Waals surface area contributed by atoms with Crippen LogP contribution in [0.5, 0.6) is 0 Å². The highest BCUT2D eigenvalue weighted by Gasteiger charge is 2.04. The van der Waals surface area contributed by atoms with Gasteiger partial charge in [-0.05, 0) is 27.7 Å². The first-order chi connectivity index (χ1) is 8.33. The van der Waals surface area contributed by atoms with E-state index in [-0.39, 0.29) is 24.6 Å². The SMILES string of the molecule is CCOC(=O)CC(C)=O.CCOC(=O)C[C@H](C)O. The Hall–Kier alpha value is -1.43. The zero-order chi connectivity index (χ0) is 14.6. The van der Waals surface area contributed by atoms with E-state index in [1.807, 2.05) is 0 Å². The summed E-state index contributed by atoms with van der Waals surface area (Å²) in [7, 11) is 0. The second-order valence-electron chi connectivity index (χ2n) is 3.54. The molecule has 0 spiro atoms. The van der Waals surface area contributed by atoms with Gasteiger partial charge in [-0.2, -0.15) is 0 Å². The minimum Gasteiger partial charge on any atom is -0.466 e. The van der Waals surface area contributed by atoms with Crippen LogP contribution in [0.4, 0.5) is 0 Å². The lowest BCUT2D eigenvalue weighted by molar-refractivity contribution is -0.146. The number of ketones is 1. The van der Waals surface area contributed by atoms with Gasteiger partial charge in [0.25, 0.3) is 0 Å². The van der Waals surface area contributed by atoms with Crippen molar-refractivity contribution in [3.8, 4) is 0 Å². The predicted molar refractivity (Wildman–Crippen MR) is 64.9 cm³/mol. The number of carbonyl (C=O) groups excluding carboxylic acids is 3. The molecule has 6 heteroatoms. The Morgan fingerprint density at radius 1 is 1.06 bits per heavy atom. The minimum absolute atomic E-state index is 0.0911. The van der Waals surface area contributed by atoms with E-state index in [1.165, 1.54) is 6.92 Å². The molecular formula is C12H22O6. The van der Waals surface area contributed by atoms with Crippen LogP contribution in [-0.2, 0) is 23.9 Å². The number of hydrogen-bond donors (Lipinski definition) is 1. The fourth-order valence-corrected chi connectivity index (χ4v) is 0.876. The van der Waals surface area contributed by atoms with Crippen molar-refractivity contribution in [1.82, 2.24) is 0 Å². The first kappa shape index (κ1) is 18.9. The number of ether oxygens (including phenoxy) is 2. The average Bonchev–Trinajstić information content (AvgIpc) is 2.16. The van der Waals surface area contributed by atoms with Crippen LogP contribution >= 0.6 is 0 Å². The lowest BCUT2D eigenvalue weighted by atomic mass is 10.3. The zero-order valence-electron chi connectivity index (χ0n) is 11.4. The Morgan fingerprint density at radius 3 is 1.83 bits per heavy atom. The highest BCUT2D eigenvalue weighted by Crippen LogP contribution is 1.91. The molecule has 0 radical (unpaired) electrons. The van der Waals surface area contributed by atoms with E-state index >= 15 is 0 Å². The van der Waals surface area contributed by atoms with Gasteiger partial charge in [0.15, 0.2) is 0 Å². The van der Waals surface area contributed by atoms with Crippen molar-refractivity contribution in [2.75, 3.05) is 13.2 Å². The van der Waals surface area contributed by atoms with Crippen molar-refractivity contribution in [2.45, 2.75) is 46.6 Å². The molecule has 106 valence electrons. The van der Waals surface area contributed by atoms with Crippen LogP contribution in [0, 0.1) is 0 Å². The summed E-state index contributed by atoms with van der Waals surface area (Å²) < 4.78 is 9.05. The third kappa shape index (κ3) is 17.0. The van der Waals surface area contributed by atoms with E-state index in [4.69, 9.17) is 5.11 Å². The number of carbonyl (C=O) groups is 3. The van der Waals surface area contributed by atoms with Crippen LogP contribution in [0.2, 0.25) is 0 Å². The van der Waals surface area contributed by atoms with Crippen molar-refractivity contribution in [1.29, 1.82) is 0 Å². The molecule has 0 aliphatic rings. The lowest BCUT2D eigenvalue weighted by Gasteiger charge is -2.01. The van der Waals surface area contributed by atoms with Crippen molar-refractivity contribution in [2.24, 2.45) is 0 Å². The Labute approximate surface area is 107 Å². The first-order valence-electron chi connectivity index (χ1n) is 5.82. The number of esters is 2. The zero-order valence-corrected chi connectivity index (χ0v) is 11.4. The Bertz CT molecular complexity index is 259. The standard InChI is InChI=1S/C6H12O3.C6H10O3/c2*1-3-9-6(8)4-5(2)7/h5,7H,3-4H2,1-2H3;3-4H2,1-2H3/t5-;/m0./s1. The average molecular weight is 262 g/mol. The Morgan fingerprint density at radius 2 is 1.50 bits per heavy atom. The Balaban J connectivity index is 0. The number of aliphatic hydroxyl groups is 1. The van der Waals surface area contributed by atoms with Gasteiger partial charge in [0.1, 0.15) is 12.2 Å². The van der Waals surface area contributed by atoms with Gasteiger partial charge in [-0.3, -0.25) is 14.4 Å². The van der Waals surface area contributed by atoms with Gasteiger partial charge in [0.2, 0.25) is 0 Å². The van der Waals surface area contributed by atoms with Crippen molar-refractivity contribution in [3.63, 3.8) is 0 Å². The molecular weight excluding hydrogens is 240 g/mol. The third-order valence-corrected chi connectivity index (χ3v) is 1.47. The Kier molecular flexibility index (Phi) is 12.7. The summed E-state index contributed by atoms with van der Waals surface area (Å²) in [5.41, 5.74) is 0. The van der Waals surface area contributed by atoms with Crippen LogP contribution < -0.4 is 0 Å². The van der Waals surface area contributed by atoms with E-state index in [1.54, 1.807) is 20.8 Å². The van der Waals surface area contributed by atoms with Gasteiger partial charge in [-0.1, -0.05) is 0 Å².